The third-order valence-electron chi connectivity index (χ3n) is 2.26. The van der Waals surface area contributed by atoms with Gasteiger partial charge in [0.15, 0.2) is 0 Å². The van der Waals surface area contributed by atoms with Crippen molar-refractivity contribution in [2.75, 3.05) is 23.8 Å². The number of nitriles is 1. The lowest BCUT2D eigenvalue weighted by Crippen LogP contribution is -2.24. The molecule has 1 rings (SSSR count). The molecular formula is C12H15BrN2. The molecule has 0 aliphatic rings. The van der Waals surface area contributed by atoms with Crippen LogP contribution in [0.1, 0.15) is 12.5 Å². The van der Waals surface area contributed by atoms with Gasteiger partial charge in [0.25, 0.3) is 0 Å². The average molecular weight is 267 g/mol. The first-order valence-electron chi connectivity index (χ1n) is 4.94. The quantitative estimate of drug-likeness (QED) is 0.784. The number of anilines is 1. The van der Waals surface area contributed by atoms with Gasteiger partial charge in [-0.05, 0) is 24.1 Å². The second-order valence-corrected chi connectivity index (χ2v) is 4.45. The summed E-state index contributed by atoms with van der Waals surface area (Å²) in [4.78, 5) is 2.17. The van der Waals surface area contributed by atoms with Gasteiger partial charge >= 0.3 is 0 Å². The molecule has 0 aliphatic carbocycles. The maximum Gasteiger partial charge on any atom is 0.0992 e. The second kappa shape index (κ2) is 5.77. The van der Waals surface area contributed by atoms with Gasteiger partial charge in [0.1, 0.15) is 0 Å². The third-order valence-corrected chi connectivity index (χ3v) is 3.37. The van der Waals surface area contributed by atoms with E-state index in [0.29, 0.717) is 11.5 Å². The van der Waals surface area contributed by atoms with Crippen molar-refractivity contribution in [2.24, 2.45) is 5.92 Å². The average Bonchev–Trinajstić information content (AvgIpc) is 2.28. The molecule has 0 saturated carbocycles. The van der Waals surface area contributed by atoms with E-state index in [0.717, 1.165) is 17.6 Å². The molecule has 0 aromatic heterocycles. The topological polar surface area (TPSA) is 27.0 Å². The number of halogens is 1. The molecule has 0 spiro atoms. The highest BCUT2D eigenvalue weighted by atomic mass is 79.9. The summed E-state index contributed by atoms with van der Waals surface area (Å²) in [5, 5.41) is 9.79. The lowest BCUT2D eigenvalue weighted by molar-refractivity contribution is 0.652. The minimum absolute atomic E-state index is 0.598. The van der Waals surface area contributed by atoms with Crippen molar-refractivity contribution >= 4 is 21.6 Å². The number of benzene rings is 1. The smallest absolute Gasteiger partial charge is 0.0992 e. The van der Waals surface area contributed by atoms with Crippen LogP contribution >= 0.6 is 15.9 Å². The Hall–Kier alpha value is -1.01. The highest BCUT2D eigenvalue weighted by molar-refractivity contribution is 9.09. The van der Waals surface area contributed by atoms with Gasteiger partial charge in [-0.15, -0.1) is 0 Å². The molecule has 80 valence electrons. The summed E-state index contributed by atoms with van der Waals surface area (Å²) in [6.07, 6.45) is 0. The van der Waals surface area contributed by atoms with E-state index in [1.54, 1.807) is 0 Å². The van der Waals surface area contributed by atoms with E-state index in [9.17, 15) is 0 Å². The van der Waals surface area contributed by atoms with E-state index in [1.807, 2.05) is 24.3 Å². The van der Waals surface area contributed by atoms with E-state index in [2.05, 4.69) is 40.9 Å². The number of hydrogen-bond acceptors (Lipinski definition) is 2. The molecule has 0 aliphatic heterocycles. The van der Waals surface area contributed by atoms with Crippen LogP contribution in [0.3, 0.4) is 0 Å². The van der Waals surface area contributed by atoms with Gasteiger partial charge in [0.05, 0.1) is 11.6 Å². The lowest BCUT2D eigenvalue weighted by Gasteiger charge is -2.22. The molecular weight excluding hydrogens is 252 g/mol. The van der Waals surface area contributed by atoms with Gasteiger partial charge < -0.3 is 4.90 Å². The maximum absolute atomic E-state index is 8.80. The summed E-state index contributed by atoms with van der Waals surface area (Å²) < 4.78 is 0. The first-order valence-corrected chi connectivity index (χ1v) is 6.06. The first kappa shape index (κ1) is 12.1. The molecule has 1 unspecified atom stereocenters. The fraction of sp³-hybridized carbons (Fsp3) is 0.417. The molecule has 0 fully saturated rings. The molecule has 2 nitrogen and oxygen atoms in total. The summed E-state index contributed by atoms with van der Waals surface area (Å²) in [5.74, 6) is 0.598. The summed E-state index contributed by atoms with van der Waals surface area (Å²) >= 11 is 3.46. The number of nitrogens with zero attached hydrogens (tertiary/aromatic N) is 2. The molecule has 1 aromatic carbocycles. The largest absolute Gasteiger partial charge is 0.374 e. The van der Waals surface area contributed by atoms with E-state index < -0.39 is 0 Å². The van der Waals surface area contributed by atoms with Crippen LogP contribution in [0.4, 0.5) is 5.69 Å². The Morgan fingerprint density at radius 2 is 2.27 bits per heavy atom. The zero-order valence-electron chi connectivity index (χ0n) is 9.07. The molecule has 0 heterocycles. The molecule has 1 atom stereocenters. The predicted molar refractivity (Wildman–Crippen MR) is 67.4 cm³/mol. The Labute approximate surface area is 99.6 Å². The summed E-state index contributed by atoms with van der Waals surface area (Å²) in [6.45, 7) is 3.18. The van der Waals surface area contributed by atoms with E-state index >= 15 is 0 Å². The Morgan fingerprint density at radius 1 is 1.53 bits per heavy atom. The fourth-order valence-electron chi connectivity index (χ4n) is 1.43. The SMILES string of the molecule is CC(CBr)CN(C)c1cccc(C#N)c1. The molecule has 3 heteroatoms. The van der Waals surface area contributed by atoms with Gasteiger partial charge in [0, 0.05) is 24.6 Å². The van der Waals surface area contributed by atoms with Crippen molar-refractivity contribution in [3.05, 3.63) is 29.8 Å². The molecule has 0 saturated heterocycles. The second-order valence-electron chi connectivity index (χ2n) is 3.80. The van der Waals surface area contributed by atoms with Crippen LogP contribution in [-0.4, -0.2) is 18.9 Å². The highest BCUT2D eigenvalue weighted by Crippen LogP contribution is 2.16. The number of hydrogen-bond donors (Lipinski definition) is 0. The number of rotatable bonds is 4. The Morgan fingerprint density at radius 3 is 2.87 bits per heavy atom. The summed E-state index contributed by atoms with van der Waals surface area (Å²) in [6, 6.07) is 9.85. The van der Waals surface area contributed by atoms with E-state index in [4.69, 9.17) is 5.26 Å². The van der Waals surface area contributed by atoms with Gasteiger partial charge in [-0.2, -0.15) is 5.26 Å². The van der Waals surface area contributed by atoms with E-state index in [1.165, 1.54) is 0 Å². The lowest BCUT2D eigenvalue weighted by atomic mass is 10.1. The fourth-order valence-corrected chi connectivity index (χ4v) is 1.64. The van der Waals surface area contributed by atoms with Crippen LogP contribution < -0.4 is 4.90 Å². The zero-order chi connectivity index (χ0) is 11.3. The highest BCUT2D eigenvalue weighted by Gasteiger charge is 2.06. The first-order chi connectivity index (χ1) is 7.17. The Bertz CT molecular complexity index is 357. The molecule has 0 radical (unpaired) electrons. The minimum Gasteiger partial charge on any atom is -0.374 e. The standard InChI is InChI=1S/C12H15BrN2/c1-10(7-13)9-15(2)12-5-3-4-11(6-12)8-14/h3-6,10H,7,9H2,1-2H3. The van der Waals surface area contributed by atoms with Gasteiger partial charge in [-0.3, -0.25) is 0 Å². The minimum atomic E-state index is 0.598. The van der Waals surface area contributed by atoms with Crippen LogP contribution in [0.25, 0.3) is 0 Å². The molecule has 1 aromatic rings. The van der Waals surface area contributed by atoms with Gasteiger partial charge in [-0.25, -0.2) is 0 Å². The maximum atomic E-state index is 8.80. The normalized spacial score (nSPS) is 11.9. The van der Waals surface area contributed by atoms with Crippen LogP contribution in [0, 0.1) is 17.2 Å². The monoisotopic (exact) mass is 266 g/mol. The molecule has 15 heavy (non-hydrogen) atoms. The van der Waals surface area contributed by atoms with E-state index in [-0.39, 0.29) is 0 Å². The Kier molecular flexibility index (Phi) is 4.64. The van der Waals surface area contributed by atoms with Crippen LogP contribution in [0.2, 0.25) is 0 Å². The van der Waals surface area contributed by atoms with Crippen LogP contribution in [-0.2, 0) is 0 Å². The van der Waals surface area contributed by atoms with Crippen LogP contribution in [0.5, 0.6) is 0 Å². The van der Waals surface area contributed by atoms with Crippen LogP contribution in [0.15, 0.2) is 24.3 Å². The van der Waals surface area contributed by atoms with Gasteiger partial charge in [0.2, 0.25) is 0 Å². The zero-order valence-corrected chi connectivity index (χ0v) is 10.7. The number of alkyl halides is 1. The summed E-state index contributed by atoms with van der Waals surface area (Å²) in [5.41, 5.74) is 1.81. The molecule has 0 N–H and O–H groups in total. The van der Waals surface area contributed by atoms with Crippen molar-refractivity contribution in [3.63, 3.8) is 0 Å². The van der Waals surface area contributed by atoms with Crippen molar-refractivity contribution in [1.29, 1.82) is 5.26 Å². The predicted octanol–water partition coefficient (Wildman–Crippen LogP) is 3.03. The summed E-state index contributed by atoms with van der Waals surface area (Å²) in [7, 11) is 2.05. The van der Waals surface area contributed by atoms with Crippen molar-refractivity contribution in [2.45, 2.75) is 6.92 Å². The third kappa shape index (κ3) is 3.56. The molecule has 0 bridgehead atoms. The van der Waals surface area contributed by atoms with Crippen molar-refractivity contribution < 1.29 is 0 Å². The van der Waals surface area contributed by atoms with Crippen molar-refractivity contribution in [1.82, 2.24) is 0 Å². The van der Waals surface area contributed by atoms with Crippen molar-refractivity contribution in [3.8, 4) is 6.07 Å². The Balaban J connectivity index is 2.73. The molecule has 0 amide bonds. The van der Waals surface area contributed by atoms with Gasteiger partial charge in [-0.1, -0.05) is 28.9 Å².